The molecule has 0 fully saturated rings. The molecule has 0 saturated heterocycles. The standard InChI is InChI=1S/C13H10BrClN2O3/c1-19-12-3-2-8(5-16-12)10(18)7-20-11-4-9(14)6-17-13(11)15/h2-6H,7H2,1H3. The Bertz CT molecular complexity index is 620. The molecule has 0 saturated carbocycles. The molecule has 0 amide bonds. The van der Waals surface area contributed by atoms with Crippen molar-refractivity contribution in [3.8, 4) is 11.6 Å². The van der Waals surface area contributed by atoms with E-state index in [0.717, 1.165) is 4.47 Å². The van der Waals surface area contributed by atoms with Gasteiger partial charge in [-0.3, -0.25) is 4.79 Å². The minimum atomic E-state index is -0.212. The van der Waals surface area contributed by atoms with Crippen LogP contribution in [0.4, 0.5) is 0 Å². The number of rotatable bonds is 5. The molecule has 104 valence electrons. The van der Waals surface area contributed by atoms with E-state index in [4.69, 9.17) is 21.1 Å². The molecule has 0 bridgehead atoms. The summed E-state index contributed by atoms with van der Waals surface area (Å²) in [5.41, 5.74) is 0.435. The molecule has 0 radical (unpaired) electrons. The van der Waals surface area contributed by atoms with Crippen molar-refractivity contribution in [2.75, 3.05) is 13.7 Å². The molecule has 0 spiro atoms. The molecule has 2 aromatic rings. The Morgan fingerprint density at radius 1 is 1.35 bits per heavy atom. The molecule has 5 nitrogen and oxygen atoms in total. The number of nitrogens with zero attached hydrogens (tertiary/aromatic N) is 2. The largest absolute Gasteiger partial charge is 0.482 e. The zero-order chi connectivity index (χ0) is 14.5. The Balaban J connectivity index is 2.02. The normalized spacial score (nSPS) is 10.2. The van der Waals surface area contributed by atoms with Gasteiger partial charge in [0.2, 0.25) is 11.7 Å². The Kier molecular flexibility index (Phi) is 4.92. The Morgan fingerprint density at radius 3 is 2.80 bits per heavy atom. The number of halogens is 2. The van der Waals surface area contributed by atoms with Crippen LogP contribution in [0.2, 0.25) is 5.15 Å². The van der Waals surface area contributed by atoms with Crippen molar-refractivity contribution >= 4 is 33.3 Å². The minimum Gasteiger partial charge on any atom is -0.482 e. The van der Waals surface area contributed by atoms with Crippen molar-refractivity contribution in [3.05, 3.63) is 45.8 Å². The maximum Gasteiger partial charge on any atom is 0.212 e. The topological polar surface area (TPSA) is 61.3 Å². The van der Waals surface area contributed by atoms with Gasteiger partial charge in [0.05, 0.1) is 7.11 Å². The summed E-state index contributed by atoms with van der Waals surface area (Å²) in [7, 11) is 1.51. The van der Waals surface area contributed by atoms with Gasteiger partial charge in [0.1, 0.15) is 0 Å². The second-order valence-electron chi connectivity index (χ2n) is 3.74. The predicted molar refractivity (Wildman–Crippen MR) is 77.6 cm³/mol. The highest BCUT2D eigenvalue weighted by Gasteiger charge is 2.10. The number of carbonyl (C=O) groups excluding carboxylic acids is 1. The zero-order valence-electron chi connectivity index (χ0n) is 10.5. The number of ether oxygens (including phenoxy) is 2. The second-order valence-corrected chi connectivity index (χ2v) is 5.02. The lowest BCUT2D eigenvalue weighted by Crippen LogP contribution is -2.12. The van der Waals surface area contributed by atoms with Crippen molar-refractivity contribution in [3.63, 3.8) is 0 Å². The van der Waals surface area contributed by atoms with Gasteiger partial charge in [-0.25, -0.2) is 9.97 Å². The number of hydrogen-bond acceptors (Lipinski definition) is 5. The van der Waals surface area contributed by atoms with E-state index in [0.29, 0.717) is 17.2 Å². The lowest BCUT2D eigenvalue weighted by molar-refractivity contribution is 0.0921. The molecule has 2 rings (SSSR count). The van der Waals surface area contributed by atoms with Gasteiger partial charge in [-0.15, -0.1) is 0 Å². The Hall–Kier alpha value is -1.66. The van der Waals surface area contributed by atoms with E-state index in [2.05, 4.69) is 25.9 Å². The summed E-state index contributed by atoms with van der Waals surface area (Å²) in [6.07, 6.45) is 2.98. The van der Waals surface area contributed by atoms with Gasteiger partial charge in [0.25, 0.3) is 0 Å². The van der Waals surface area contributed by atoms with Crippen LogP contribution in [-0.2, 0) is 0 Å². The van der Waals surface area contributed by atoms with Gasteiger partial charge in [-0.1, -0.05) is 11.6 Å². The lowest BCUT2D eigenvalue weighted by atomic mass is 10.2. The fourth-order valence-corrected chi connectivity index (χ4v) is 1.87. The maximum atomic E-state index is 11.9. The lowest BCUT2D eigenvalue weighted by Gasteiger charge is -2.07. The van der Waals surface area contributed by atoms with Crippen molar-refractivity contribution in [1.82, 2.24) is 9.97 Å². The van der Waals surface area contributed by atoms with Gasteiger partial charge >= 0.3 is 0 Å². The summed E-state index contributed by atoms with van der Waals surface area (Å²) in [5.74, 6) is 0.578. The minimum absolute atomic E-state index is 0.147. The fraction of sp³-hybridized carbons (Fsp3) is 0.154. The smallest absolute Gasteiger partial charge is 0.212 e. The molecular weight excluding hydrogens is 348 g/mol. The van der Waals surface area contributed by atoms with Gasteiger partial charge in [0, 0.05) is 28.5 Å². The maximum absolute atomic E-state index is 11.9. The first-order valence-electron chi connectivity index (χ1n) is 5.57. The number of ketones is 1. The number of methoxy groups -OCH3 is 1. The van der Waals surface area contributed by atoms with Gasteiger partial charge < -0.3 is 9.47 Å². The molecule has 0 N–H and O–H groups in total. The summed E-state index contributed by atoms with van der Waals surface area (Å²) in [6, 6.07) is 4.88. The van der Waals surface area contributed by atoms with E-state index in [1.54, 1.807) is 24.4 Å². The zero-order valence-corrected chi connectivity index (χ0v) is 12.8. The molecule has 0 aliphatic carbocycles. The van der Waals surface area contributed by atoms with Crippen LogP contribution in [0.25, 0.3) is 0 Å². The molecule has 7 heteroatoms. The molecule has 0 atom stereocenters. The summed E-state index contributed by atoms with van der Waals surface area (Å²) in [6.45, 7) is -0.147. The van der Waals surface area contributed by atoms with Crippen LogP contribution < -0.4 is 9.47 Å². The van der Waals surface area contributed by atoms with E-state index in [-0.39, 0.29) is 17.5 Å². The van der Waals surface area contributed by atoms with Crippen molar-refractivity contribution in [1.29, 1.82) is 0 Å². The molecule has 2 aromatic heterocycles. The first kappa shape index (κ1) is 14.7. The van der Waals surface area contributed by atoms with E-state index in [1.165, 1.54) is 13.3 Å². The van der Waals surface area contributed by atoms with Gasteiger partial charge in [-0.2, -0.15) is 0 Å². The first-order chi connectivity index (χ1) is 9.60. The molecule has 0 unspecified atom stereocenters. The average Bonchev–Trinajstić information content (AvgIpc) is 2.48. The Labute approximate surface area is 129 Å². The predicted octanol–water partition coefficient (Wildman–Crippen LogP) is 3.16. The fourth-order valence-electron chi connectivity index (χ4n) is 1.40. The summed E-state index contributed by atoms with van der Waals surface area (Å²) in [4.78, 5) is 19.8. The van der Waals surface area contributed by atoms with E-state index >= 15 is 0 Å². The number of hydrogen-bond donors (Lipinski definition) is 0. The molecule has 2 heterocycles. The number of pyridine rings is 2. The second kappa shape index (κ2) is 6.67. The molecule has 0 aliphatic rings. The van der Waals surface area contributed by atoms with Crippen LogP contribution in [0.15, 0.2) is 35.1 Å². The highest BCUT2D eigenvalue weighted by Crippen LogP contribution is 2.25. The molecule has 0 aliphatic heterocycles. The third-order valence-electron chi connectivity index (χ3n) is 2.40. The van der Waals surface area contributed by atoms with Gasteiger partial charge in [0.15, 0.2) is 17.5 Å². The molecular formula is C13H10BrClN2O3. The van der Waals surface area contributed by atoms with Crippen LogP contribution in [0, 0.1) is 0 Å². The van der Waals surface area contributed by atoms with Crippen LogP contribution in [0.5, 0.6) is 11.6 Å². The Morgan fingerprint density at radius 2 is 2.15 bits per heavy atom. The van der Waals surface area contributed by atoms with Crippen LogP contribution in [0.1, 0.15) is 10.4 Å². The third-order valence-corrected chi connectivity index (χ3v) is 3.12. The van der Waals surface area contributed by atoms with Crippen molar-refractivity contribution in [2.24, 2.45) is 0 Å². The summed E-state index contributed by atoms with van der Waals surface area (Å²) >= 11 is 9.12. The third kappa shape index (κ3) is 3.68. The van der Waals surface area contributed by atoms with Crippen LogP contribution in [0.3, 0.4) is 0 Å². The van der Waals surface area contributed by atoms with Gasteiger partial charge in [-0.05, 0) is 28.1 Å². The quantitative estimate of drug-likeness (QED) is 0.607. The number of Topliss-reactive ketones (excluding diaryl/α,β-unsaturated/α-hetero) is 1. The van der Waals surface area contributed by atoms with Crippen LogP contribution >= 0.6 is 27.5 Å². The highest BCUT2D eigenvalue weighted by molar-refractivity contribution is 9.10. The highest BCUT2D eigenvalue weighted by atomic mass is 79.9. The summed E-state index contributed by atoms with van der Waals surface area (Å²) in [5, 5.41) is 0.203. The first-order valence-corrected chi connectivity index (χ1v) is 6.74. The van der Waals surface area contributed by atoms with Crippen LogP contribution in [-0.4, -0.2) is 29.5 Å². The monoisotopic (exact) mass is 356 g/mol. The molecule has 0 aromatic carbocycles. The van der Waals surface area contributed by atoms with Crippen molar-refractivity contribution in [2.45, 2.75) is 0 Å². The van der Waals surface area contributed by atoms with E-state index in [9.17, 15) is 4.79 Å². The molecule has 20 heavy (non-hydrogen) atoms. The SMILES string of the molecule is COc1ccc(C(=O)COc2cc(Br)cnc2Cl)cn1. The number of aromatic nitrogens is 2. The number of carbonyl (C=O) groups is 1. The average molecular weight is 358 g/mol. The van der Waals surface area contributed by atoms with E-state index < -0.39 is 0 Å². The van der Waals surface area contributed by atoms with E-state index in [1.807, 2.05) is 0 Å². The van der Waals surface area contributed by atoms with Crippen molar-refractivity contribution < 1.29 is 14.3 Å². The summed E-state index contributed by atoms with van der Waals surface area (Å²) < 4.78 is 11.0.